The number of rotatable bonds is 0. The van der Waals surface area contributed by atoms with E-state index in [2.05, 4.69) is 70.0 Å². The highest BCUT2D eigenvalue weighted by Gasteiger charge is 2.28. The van der Waals surface area contributed by atoms with Crippen LogP contribution in [0.15, 0.2) is 33.2 Å². The van der Waals surface area contributed by atoms with Crippen molar-refractivity contribution in [3.8, 4) is 11.5 Å². The van der Waals surface area contributed by atoms with Gasteiger partial charge < -0.3 is 9.47 Å². The lowest BCUT2D eigenvalue weighted by Crippen LogP contribution is -2.23. The predicted molar refractivity (Wildman–Crippen MR) is 108 cm³/mol. The number of fused-ring (bicyclic) bond motifs is 6. The Morgan fingerprint density at radius 3 is 1.64 bits per heavy atom. The molecule has 0 aliphatic carbocycles. The Labute approximate surface area is 166 Å². The molecule has 2 aromatic rings. The van der Waals surface area contributed by atoms with E-state index in [0.29, 0.717) is 0 Å². The van der Waals surface area contributed by atoms with Crippen LogP contribution in [0.2, 0.25) is 0 Å². The molecule has 2 aliphatic heterocycles. The van der Waals surface area contributed by atoms with E-state index in [1.54, 1.807) is 0 Å². The van der Waals surface area contributed by atoms with E-state index in [1.165, 1.54) is 22.3 Å². The molecule has 0 fully saturated rings. The Bertz CT molecular complexity index is 749. The van der Waals surface area contributed by atoms with Crippen molar-refractivity contribution in [3.05, 3.63) is 55.5 Å². The van der Waals surface area contributed by atoms with E-state index in [1.807, 2.05) is 0 Å². The van der Waals surface area contributed by atoms with Crippen molar-refractivity contribution in [1.82, 2.24) is 0 Å². The summed E-state index contributed by atoms with van der Waals surface area (Å²) in [5.74, 6) is 2.00. The van der Waals surface area contributed by atoms with Gasteiger partial charge in [0.2, 0.25) is 0 Å². The van der Waals surface area contributed by atoms with Gasteiger partial charge in [-0.3, -0.25) is 0 Å². The SMILES string of the molecule is Cc1cc(Br)c2c(c1)CC1CCCC(Cc3cc(C)cc(Br)c3O1)O2. The zero-order valence-corrected chi connectivity index (χ0v) is 17.7. The second kappa shape index (κ2) is 6.96. The van der Waals surface area contributed by atoms with Crippen LogP contribution in [-0.4, -0.2) is 12.2 Å². The molecular formula is C21H22Br2O2. The fourth-order valence-electron chi connectivity index (χ4n) is 3.97. The van der Waals surface area contributed by atoms with Crippen LogP contribution in [-0.2, 0) is 12.8 Å². The van der Waals surface area contributed by atoms with E-state index in [0.717, 1.165) is 52.5 Å². The summed E-state index contributed by atoms with van der Waals surface area (Å²) in [7, 11) is 0. The number of ether oxygens (including phenoxy) is 2. The summed E-state index contributed by atoms with van der Waals surface area (Å²) < 4.78 is 15.2. The van der Waals surface area contributed by atoms with E-state index in [4.69, 9.17) is 9.47 Å². The summed E-state index contributed by atoms with van der Waals surface area (Å²) in [5, 5.41) is 0. The quantitative estimate of drug-likeness (QED) is 0.454. The van der Waals surface area contributed by atoms with Crippen molar-refractivity contribution in [1.29, 1.82) is 0 Å². The van der Waals surface area contributed by atoms with Gasteiger partial charge in [-0.2, -0.15) is 0 Å². The molecule has 0 saturated heterocycles. The number of benzene rings is 2. The number of hydrogen-bond acceptors (Lipinski definition) is 2. The van der Waals surface area contributed by atoms with Crippen LogP contribution in [0.4, 0.5) is 0 Å². The first-order valence-electron chi connectivity index (χ1n) is 8.91. The Hall–Kier alpha value is -1.00. The summed E-state index contributed by atoms with van der Waals surface area (Å²) in [4.78, 5) is 0. The van der Waals surface area contributed by atoms with Crippen LogP contribution in [0.1, 0.15) is 41.5 Å². The Balaban J connectivity index is 1.83. The lowest BCUT2D eigenvalue weighted by atomic mass is 10.0. The average molecular weight is 466 g/mol. The molecule has 0 radical (unpaired) electrons. The summed E-state index contributed by atoms with van der Waals surface area (Å²) >= 11 is 7.43. The summed E-state index contributed by atoms with van der Waals surface area (Å²) in [5.41, 5.74) is 4.99. The normalized spacial score (nSPS) is 22.2. The fraction of sp³-hybridized carbons (Fsp3) is 0.429. The average Bonchev–Trinajstić information content (AvgIpc) is 2.65. The molecule has 0 N–H and O–H groups in total. The number of aryl methyl sites for hydroxylation is 2. The maximum absolute atomic E-state index is 6.54. The van der Waals surface area contributed by atoms with Crippen LogP contribution in [0.5, 0.6) is 11.5 Å². The van der Waals surface area contributed by atoms with Gasteiger partial charge in [-0.15, -0.1) is 0 Å². The third kappa shape index (κ3) is 3.61. The molecule has 132 valence electrons. The number of hydrogen-bond donors (Lipinski definition) is 0. The zero-order chi connectivity index (χ0) is 17.6. The third-order valence-corrected chi connectivity index (χ3v) is 6.22. The van der Waals surface area contributed by atoms with Crippen LogP contribution < -0.4 is 9.47 Å². The second-order valence-corrected chi connectivity index (χ2v) is 9.00. The van der Waals surface area contributed by atoms with Crippen LogP contribution in [0.25, 0.3) is 0 Å². The second-order valence-electron chi connectivity index (χ2n) is 7.29. The molecule has 2 atom stereocenters. The molecule has 0 spiro atoms. The minimum atomic E-state index is 0.172. The molecule has 25 heavy (non-hydrogen) atoms. The highest BCUT2D eigenvalue weighted by Crippen LogP contribution is 2.40. The topological polar surface area (TPSA) is 18.5 Å². The maximum atomic E-state index is 6.54. The van der Waals surface area contributed by atoms with Crippen LogP contribution >= 0.6 is 31.9 Å². The first kappa shape index (κ1) is 17.4. The van der Waals surface area contributed by atoms with Crippen molar-refractivity contribution >= 4 is 31.9 Å². The van der Waals surface area contributed by atoms with Gasteiger partial charge in [0.05, 0.1) is 8.95 Å². The lowest BCUT2D eigenvalue weighted by molar-refractivity contribution is 0.186. The Morgan fingerprint density at radius 2 is 1.20 bits per heavy atom. The molecule has 4 rings (SSSR count). The standard InChI is InChI=1S/C21H22Br2O2/c1-12-6-14-10-16-4-3-5-17(24-20(14)18(22)8-12)11-15-7-13(2)9-19(23)21(15)25-16/h6-9,16-17H,3-5,10-11H2,1-2H3. The predicted octanol–water partition coefficient (Wildman–Crippen LogP) is 6.31. The van der Waals surface area contributed by atoms with Gasteiger partial charge in [-0.1, -0.05) is 12.1 Å². The Morgan fingerprint density at radius 1 is 0.760 bits per heavy atom. The van der Waals surface area contributed by atoms with Gasteiger partial charge in [-0.05, 0) is 99.4 Å². The van der Waals surface area contributed by atoms with Crippen molar-refractivity contribution in [3.63, 3.8) is 0 Å². The molecule has 2 bridgehead atoms. The van der Waals surface area contributed by atoms with E-state index < -0.39 is 0 Å². The van der Waals surface area contributed by atoms with Crippen LogP contribution in [0.3, 0.4) is 0 Å². The first-order valence-corrected chi connectivity index (χ1v) is 10.5. The zero-order valence-electron chi connectivity index (χ0n) is 14.6. The molecule has 4 heteroatoms. The van der Waals surface area contributed by atoms with Crippen LogP contribution in [0, 0.1) is 13.8 Å². The van der Waals surface area contributed by atoms with E-state index in [9.17, 15) is 0 Å². The maximum Gasteiger partial charge on any atom is 0.137 e. The van der Waals surface area contributed by atoms with Crippen molar-refractivity contribution in [2.75, 3.05) is 0 Å². The fourth-order valence-corrected chi connectivity index (χ4v) is 5.39. The van der Waals surface area contributed by atoms with Gasteiger partial charge >= 0.3 is 0 Å². The summed E-state index contributed by atoms with van der Waals surface area (Å²) in [6.07, 6.45) is 5.35. The molecular weight excluding hydrogens is 444 g/mol. The van der Waals surface area contributed by atoms with Gasteiger partial charge in [-0.25, -0.2) is 0 Å². The van der Waals surface area contributed by atoms with Crippen molar-refractivity contribution in [2.24, 2.45) is 0 Å². The molecule has 0 aromatic heterocycles. The van der Waals surface area contributed by atoms with Crippen molar-refractivity contribution < 1.29 is 9.47 Å². The molecule has 0 saturated carbocycles. The van der Waals surface area contributed by atoms with Gasteiger partial charge in [0.1, 0.15) is 23.7 Å². The molecule has 2 unspecified atom stereocenters. The van der Waals surface area contributed by atoms with E-state index in [-0.39, 0.29) is 12.2 Å². The monoisotopic (exact) mass is 464 g/mol. The largest absolute Gasteiger partial charge is 0.489 e. The third-order valence-electron chi connectivity index (χ3n) is 5.05. The smallest absolute Gasteiger partial charge is 0.137 e. The highest BCUT2D eigenvalue weighted by molar-refractivity contribution is 9.10. The molecule has 2 heterocycles. The van der Waals surface area contributed by atoms with Gasteiger partial charge in [0.25, 0.3) is 0 Å². The summed E-state index contributed by atoms with van der Waals surface area (Å²) in [6.45, 7) is 4.26. The van der Waals surface area contributed by atoms with E-state index >= 15 is 0 Å². The minimum absolute atomic E-state index is 0.172. The van der Waals surface area contributed by atoms with Crippen molar-refractivity contribution in [2.45, 2.75) is 58.2 Å². The molecule has 2 aromatic carbocycles. The van der Waals surface area contributed by atoms with Gasteiger partial charge in [0.15, 0.2) is 0 Å². The molecule has 2 nitrogen and oxygen atoms in total. The summed E-state index contributed by atoms with van der Waals surface area (Å²) in [6, 6.07) is 8.77. The first-order chi connectivity index (χ1) is 12.0. The minimum Gasteiger partial charge on any atom is -0.489 e. The highest BCUT2D eigenvalue weighted by atomic mass is 79.9. The molecule has 0 amide bonds. The Kier molecular flexibility index (Phi) is 4.85. The molecule has 2 aliphatic rings. The number of halogens is 2. The lowest BCUT2D eigenvalue weighted by Gasteiger charge is -2.26. The van der Waals surface area contributed by atoms with Gasteiger partial charge in [0, 0.05) is 12.8 Å².